The number of benzene rings is 1. The second kappa shape index (κ2) is 5.25. The molecule has 0 aliphatic carbocycles. The molecule has 4 nitrogen and oxygen atoms in total. The van der Waals surface area contributed by atoms with Crippen molar-refractivity contribution < 1.29 is 13.2 Å². The molecule has 1 N–H and O–H groups in total. The molecule has 2 aromatic heterocycles. The van der Waals surface area contributed by atoms with Gasteiger partial charge in [-0.15, -0.1) is 0 Å². The van der Waals surface area contributed by atoms with Crippen molar-refractivity contribution in [1.82, 2.24) is 15.2 Å². The molecule has 0 saturated carbocycles. The minimum Gasteiger partial charge on any atom is -0.267 e. The van der Waals surface area contributed by atoms with Crippen LogP contribution in [0.3, 0.4) is 0 Å². The van der Waals surface area contributed by atoms with E-state index in [2.05, 4.69) is 15.2 Å². The number of nitrogens with one attached hydrogen (secondary N) is 1. The van der Waals surface area contributed by atoms with Gasteiger partial charge in [0.1, 0.15) is 0 Å². The maximum Gasteiger partial charge on any atom is 0.418 e. The normalized spacial score (nSPS) is 11.8. The zero-order valence-electron chi connectivity index (χ0n) is 11.2. The number of nitrogens with zero attached hydrogens (tertiary/aromatic N) is 2. The van der Waals surface area contributed by atoms with Crippen LogP contribution in [-0.4, -0.2) is 15.2 Å². The minimum atomic E-state index is -4.48. The Kier molecular flexibility index (Phi) is 3.40. The van der Waals surface area contributed by atoms with Crippen LogP contribution in [-0.2, 0) is 12.6 Å². The molecule has 0 amide bonds. The number of fused-ring (bicyclic) bond motifs is 1. The van der Waals surface area contributed by atoms with Gasteiger partial charge < -0.3 is 0 Å². The quantitative estimate of drug-likeness (QED) is 0.792. The van der Waals surface area contributed by atoms with Gasteiger partial charge in [0, 0.05) is 24.2 Å². The highest BCUT2D eigenvalue weighted by molar-refractivity contribution is 5.83. The second-order valence-corrected chi connectivity index (χ2v) is 4.75. The molecule has 0 spiro atoms. The molecule has 0 bridgehead atoms. The van der Waals surface area contributed by atoms with Gasteiger partial charge in [-0.2, -0.15) is 18.3 Å². The molecule has 112 valence electrons. The zero-order chi connectivity index (χ0) is 15.7. The van der Waals surface area contributed by atoms with Crippen LogP contribution in [0.5, 0.6) is 0 Å². The summed E-state index contributed by atoms with van der Waals surface area (Å²) in [4.78, 5) is 15.2. The van der Waals surface area contributed by atoms with E-state index in [1.54, 1.807) is 24.3 Å². The highest BCUT2D eigenvalue weighted by atomic mass is 19.4. The third-order valence-electron chi connectivity index (χ3n) is 3.35. The summed E-state index contributed by atoms with van der Waals surface area (Å²) in [5.74, 6) is 0. The van der Waals surface area contributed by atoms with E-state index in [-0.39, 0.29) is 17.5 Å². The molecule has 0 unspecified atom stereocenters. The second-order valence-electron chi connectivity index (χ2n) is 4.75. The summed E-state index contributed by atoms with van der Waals surface area (Å²) in [6.45, 7) is 0. The summed E-state index contributed by atoms with van der Waals surface area (Å²) in [6, 6.07) is 7.99. The molecule has 7 heteroatoms. The predicted molar refractivity (Wildman–Crippen MR) is 74.4 cm³/mol. The van der Waals surface area contributed by atoms with Crippen LogP contribution in [0.4, 0.5) is 13.2 Å². The number of H-pyrrole nitrogens is 1. The van der Waals surface area contributed by atoms with E-state index >= 15 is 0 Å². The summed E-state index contributed by atoms with van der Waals surface area (Å²) in [5, 5.41) is 7.15. The van der Waals surface area contributed by atoms with Gasteiger partial charge in [-0.1, -0.05) is 18.2 Å². The molecule has 22 heavy (non-hydrogen) atoms. The van der Waals surface area contributed by atoms with Crippen LogP contribution >= 0.6 is 0 Å². The van der Waals surface area contributed by atoms with Crippen molar-refractivity contribution in [2.24, 2.45) is 0 Å². The monoisotopic (exact) mass is 305 g/mol. The number of aromatic amines is 1. The first kappa shape index (κ1) is 14.2. The van der Waals surface area contributed by atoms with Gasteiger partial charge in [-0.05, 0) is 17.7 Å². The number of rotatable bonds is 2. The van der Waals surface area contributed by atoms with E-state index in [1.165, 1.54) is 12.3 Å². The summed E-state index contributed by atoms with van der Waals surface area (Å²) in [5.41, 5.74) is -0.726. The molecule has 0 aliphatic heterocycles. The zero-order valence-corrected chi connectivity index (χ0v) is 11.2. The van der Waals surface area contributed by atoms with Crippen molar-refractivity contribution in [3.63, 3.8) is 0 Å². The Morgan fingerprint density at radius 2 is 1.82 bits per heavy atom. The lowest BCUT2D eigenvalue weighted by molar-refractivity contribution is -0.138. The van der Waals surface area contributed by atoms with Gasteiger partial charge in [-0.3, -0.25) is 9.78 Å². The third-order valence-corrected chi connectivity index (χ3v) is 3.35. The Bertz CT molecular complexity index is 887. The van der Waals surface area contributed by atoms with Crippen molar-refractivity contribution in [2.45, 2.75) is 12.6 Å². The van der Waals surface area contributed by atoms with Crippen LogP contribution < -0.4 is 5.56 Å². The Morgan fingerprint density at radius 1 is 1.09 bits per heavy atom. The standard InChI is InChI=1S/C15H10F3N3O/c16-15(17,18)12-8-19-6-5-9(12)7-13-10-3-1-2-4-11(10)14(22)21-20-13/h1-6,8H,7H2,(H,21,22). The Balaban J connectivity index is 2.13. The molecule has 0 fully saturated rings. The van der Waals surface area contributed by atoms with Gasteiger partial charge in [0.2, 0.25) is 0 Å². The Labute approximate surface area is 122 Å². The maximum absolute atomic E-state index is 13.0. The van der Waals surface area contributed by atoms with Crippen molar-refractivity contribution in [2.75, 3.05) is 0 Å². The Morgan fingerprint density at radius 3 is 2.55 bits per heavy atom. The van der Waals surface area contributed by atoms with E-state index in [4.69, 9.17) is 0 Å². The number of hydrogen-bond acceptors (Lipinski definition) is 3. The van der Waals surface area contributed by atoms with Gasteiger partial charge in [0.25, 0.3) is 5.56 Å². The van der Waals surface area contributed by atoms with E-state index in [0.717, 1.165) is 6.20 Å². The van der Waals surface area contributed by atoms with Gasteiger partial charge in [0.05, 0.1) is 16.6 Å². The van der Waals surface area contributed by atoms with Crippen LogP contribution in [0.15, 0.2) is 47.5 Å². The molecule has 0 atom stereocenters. The van der Waals surface area contributed by atoms with E-state index in [9.17, 15) is 18.0 Å². The summed E-state index contributed by atoms with van der Waals surface area (Å²) in [6.07, 6.45) is -2.43. The third kappa shape index (κ3) is 2.57. The van der Waals surface area contributed by atoms with E-state index in [0.29, 0.717) is 16.5 Å². The first-order chi connectivity index (χ1) is 10.5. The molecule has 3 rings (SSSR count). The smallest absolute Gasteiger partial charge is 0.267 e. The average Bonchev–Trinajstić information content (AvgIpc) is 2.50. The van der Waals surface area contributed by atoms with Crippen LogP contribution in [0, 0.1) is 0 Å². The highest BCUT2D eigenvalue weighted by Crippen LogP contribution is 2.32. The number of aromatic nitrogens is 3. The minimum absolute atomic E-state index is 0.0470. The van der Waals surface area contributed by atoms with Gasteiger partial charge in [-0.25, -0.2) is 5.10 Å². The largest absolute Gasteiger partial charge is 0.418 e. The summed E-state index contributed by atoms with van der Waals surface area (Å²) >= 11 is 0. The molecular weight excluding hydrogens is 295 g/mol. The molecule has 0 radical (unpaired) electrons. The first-order valence-electron chi connectivity index (χ1n) is 6.43. The fourth-order valence-corrected chi connectivity index (χ4v) is 2.32. The topological polar surface area (TPSA) is 58.6 Å². The lowest BCUT2D eigenvalue weighted by Crippen LogP contribution is -2.14. The van der Waals surface area contributed by atoms with E-state index in [1.807, 2.05) is 0 Å². The lowest BCUT2D eigenvalue weighted by Gasteiger charge is -2.12. The molecule has 1 aromatic carbocycles. The van der Waals surface area contributed by atoms with Crippen molar-refractivity contribution in [1.29, 1.82) is 0 Å². The van der Waals surface area contributed by atoms with E-state index < -0.39 is 11.7 Å². The fraction of sp³-hybridized carbons (Fsp3) is 0.133. The maximum atomic E-state index is 13.0. The lowest BCUT2D eigenvalue weighted by atomic mass is 10.0. The molecular formula is C15H10F3N3O. The van der Waals surface area contributed by atoms with Gasteiger partial charge >= 0.3 is 6.18 Å². The van der Waals surface area contributed by atoms with Crippen LogP contribution in [0.25, 0.3) is 10.8 Å². The Hall–Kier alpha value is -2.70. The number of pyridine rings is 1. The number of hydrogen-bond donors (Lipinski definition) is 1. The summed E-state index contributed by atoms with van der Waals surface area (Å²) < 4.78 is 39.0. The molecule has 3 aromatic rings. The molecule has 0 saturated heterocycles. The van der Waals surface area contributed by atoms with Crippen molar-refractivity contribution >= 4 is 10.8 Å². The van der Waals surface area contributed by atoms with Crippen molar-refractivity contribution in [3.05, 3.63) is 69.9 Å². The first-order valence-corrected chi connectivity index (χ1v) is 6.43. The SMILES string of the molecule is O=c1[nH]nc(Cc2ccncc2C(F)(F)F)c2ccccc12. The van der Waals surface area contributed by atoms with Crippen molar-refractivity contribution in [3.8, 4) is 0 Å². The summed E-state index contributed by atoms with van der Waals surface area (Å²) in [7, 11) is 0. The van der Waals surface area contributed by atoms with Gasteiger partial charge in [0.15, 0.2) is 0 Å². The molecule has 0 aliphatic rings. The number of halogens is 3. The van der Waals surface area contributed by atoms with Crippen LogP contribution in [0.2, 0.25) is 0 Å². The number of alkyl halides is 3. The average molecular weight is 305 g/mol. The molecule has 2 heterocycles. The van der Waals surface area contributed by atoms with Crippen LogP contribution in [0.1, 0.15) is 16.8 Å². The fourth-order valence-electron chi connectivity index (χ4n) is 2.32. The highest BCUT2D eigenvalue weighted by Gasteiger charge is 2.33. The predicted octanol–water partition coefficient (Wildman–Crippen LogP) is 2.93.